The minimum Gasteiger partial charge on any atom is -0.489 e. The number of hydrogen-bond donors (Lipinski definition) is 0. The summed E-state index contributed by atoms with van der Waals surface area (Å²) in [7, 11) is 0. The third kappa shape index (κ3) is 2.68. The Balaban J connectivity index is 1.68. The molecule has 1 aliphatic carbocycles. The maximum atomic E-state index is 11.5. The van der Waals surface area contributed by atoms with Crippen LogP contribution in [0.25, 0.3) is 0 Å². The highest BCUT2D eigenvalue weighted by Crippen LogP contribution is 2.34. The van der Waals surface area contributed by atoms with Crippen LogP contribution in [0, 0.1) is 0 Å². The molecule has 1 unspecified atom stereocenters. The van der Waals surface area contributed by atoms with Gasteiger partial charge in [-0.3, -0.25) is 4.79 Å². The standard InChI is InChI=1S/C17H16O2/c18-17-10-9-16(17)14-7-4-8-15(11-14)19-12-13-5-2-1-3-6-13/h1-8,11,16H,9-10,12H2. The van der Waals surface area contributed by atoms with E-state index < -0.39 is 0 Å². The summed E-state index contributed by atoms with van der Waals surface area (Å²) in [5.74, 6) is 1.28. The van der Waals surface area contributed by atoms with Gasteiger partial charge < -0.3 is 4.74 Å². The summed E-state index contributed by atoms with van der Waals surface area (Å²) >= 11 is 0. The predicted molar refractivity (Wildman–Crippen MR) is 74.2 cm³/mol. The highest BCUT2D eigenvalue weighted by molar-refractivity contribution is 5.91. The molecule has 0 aromatic heterocycles. The molecule has 0 radical (unpaired) electrons. The molecule has 96 valence electrons. The molecular formula is C17H16O2. The lowest BCUT2D eigenvalue weighted by atomic mass is 9.79. The van der Waals surface area contributed by atoms with Gasteiger partial charge in [0, 0.05) is 12.3 Å². The van der Waals surface area contributed by atoms with Crippen molar-refractivity contribution >= 4 is 5.78 Å². The average molecular weight is 252 g/mol. The Labute approximate surface area is 113 Å². The lowest BCUT2D eigenvalue weighted by Crippen LogP contribution is -2.23. The molecule has 2 aromatic carbocycles. The molecule has 0 saturated heterocycles. The van der Waals surface area contributed by atoms with Crippen LogP contribution in [-0.2, 0) is 11.4 Å². The molecule has 0 heterocycles. The van der Waals surface area contributed by atoms with E-state index in [2.05, 4.69) is 0 Å². The molecule has 1 aliphatic rings. The van der Waals surface area contributed by atoms with Crippen LogP contribution in [0.3, 0.4) is 0 Å². The van der Waals surface area contributed by atoms with Gasteiger partial charge in [-0.15, -0.1) is 0 Å². The summed E-state index contributed by atoms with van der Waals surface area (Å²) in [6.45, 7) is 0.558. The van der Waals surface area contributed by atoms with Crippen LogP contribution < -0.4 is 4.74 Å². The van der Waals surface area contributed by atoms with Crippen LogP contribution in [-0.4, -0.2) is 5.78 Å². The largest absolute Gasteiger partial charge is 0.489 e. The fourth-order valence-corrected chi connectivity index (χ4v) is 2.32. The number of carbonyl (C=O) groups is 1. The summed E-state index contributed by atoms with van der Waals surface area (Å²) in [5.41, 5.74) is 2.23. The van der Waals surface area contributed by atoms with Gasteiger partial charge in [0.15, 0.2) is 0 Å². The Morgan fingerprint density at radius 1 is 1.05 bits per heavy atom. The zero-order valence-corrected chi connectivity index (χ0v) is 10.7. The van der Waals surface area contributed by atoms with Crippen molar-refractivity contribution in [1.29, 1.82) is 0 Å². The van der Waals surface area contributed by atoms with E-state index >= 15 is 0 Å². The Bertz CT molecular complexity index is 575. The second-order valence-corrected chi connectivity index (χ2v) is 4.90. The van der Waals surface area contributed by atoms with Crippen LogP contribution in [0.2, 0.25) is 0 Å². The Morgan fingerprint density at radius 3 is 2.58 bits per heavy atom. The van der Waals surface area contributed by atoms with Gasteiger partial charge in [-0.25, -0.2) is 0 Å². The van der Waals surface area contributed by atoms with Gasteiger partial charge in [0.1, 0.15) is 18.1 Å². The van der Waals surface area contributed by atoms with Crippen LogP contribution in [0.1, 0.15) is 29.9 Å². The molecule has 0 amide bonds. The highest BCUT2D eigenvalue weighted by Gasteiger charge is 2.29. The average Bonchev–Trinajstić information content (AvgIpc) is 2.45. The number of ketones is 1. The summed E-state index contributed by atoms with van der Waals surface area (Å²) in [6.07, 6.45) is 1.70. The number of benzene rings is 2. The monoisotopic (exact) mass is 252 g/mol. The molecule has 0 N–H and O–H groups in total. The van der Waals surface area contributed by atoms with Gasteiger partial charge >= 0.3 is 0 Å². The van der Waals surface area contributed by atoms with E-state index in [0.29, 0.717) is 12.4 Å². The zero-order chi connectivity index (χ0) is 13.1. The molecular weight excluding hydrogens is 236 g/mol. The molecule has 0 aliphatic heterocycles. The van der Waals surface area contributed by atoms with E-state index in [9.17, 15) is 4.79 Å². The van der Waals surface area contributed by atoms with E-state index in [1.165, 1.54) is 0 Å². The number of Topliss-reactive ketones (excluding diaryl/α,β-unsaturated/α-hetero) is 1. The molecule has 19 heavy (non-hydrogen) atoms. The molecule has 2 heteroatoms. The molecule has 2 nitrogen and oxygen atoms in total. The fraction of sp³-hybridized carbons (Fsp3) is 0.235. The Hall–Kier alpha value is -2.09. The molecule has 0 bridgehead atoms. The third-order valence-corrected chi connectivity index (χ3v) is 3.58. The Morgan fingerprint density at radius 2 is 1.89 bits per heavy atom. The van der Waals surface area contributed by atoms with Gasteiger partial charge in [0.25, 0.3) is 0 Å². The number of carbonyl (C=O) groups excluding carboxylic acids is 1. The minimum absolute atomic E-state index is 0.0975. The molecule has 2 aromatic rings. The van der Waals surface area contributed by atoms with Crippen molar-refractivity contribution in [3.05, 3.63) is 65.7 Å². The second-order valence-electron chi connectivity index (χ2n) is 4.90. The van der Waals surface area contributed by atoms with Crippen molar-refractivity contribution in [2.45, 2.75) is 25.4 Å². The SMILES string of the molecule is O=C1CCC1c1cccc(OCc2ccccc2)c1. The van der Waals surface area contributed by atoms with Crippen molar-refractivity contribution in [3.8, 4) is 5.75 Å². The first-order chi connectivity index (χ1) is 9.33. The summed E-state index contributed by atoms with van der Waals surface area (Å²) in [6, 6.07) is 18.0. The van der Waals surface area contributed by atoms with Crippen molar-refractivity contribution in [1.82, 2.24) is 0 Å². The summed E-state index contributed by atoms with van der Waals surface area (Å²) < 4.78 is 5.78. The van der Waals surface area contributed by atoms with Crippen LogP contribution in [0.5, 0.6) is 5.75 Å². The van der Waals surface area contributed by atoms with Crippen LogP contribution in [0.4, 0.5) is 0 Å². The van der Waals surface area contributed by atoms with Crippen molar-refractivity contribution < 1.29 is 9.53 Å². The van der Waals surface area contributed by atoms with Gasteiger partial charge in [0.05, 0.1) is 0 Å². The van der Waals surface area contributed by atoms with Crippen LogP contribution in [0.15, 0.2) is 54.6 Å². The molecule has 1 fully saturated rings. The van der Waals surface area contributed by atoms with E-state index in [4.69, 9.17) is 4.74 Å². The second kappa shape index (κ2) is 5.27. The van der Waals surface area contributed by atoms with E-state index in [-0.39, 0.29) is 5.92 Å². The quantitative estimate of drug-likeness (QED) is 0.829. The maximum absolute atomic E-state index is 11.5. The molecule has 1 atom stereocenters. The number of rotatable bonds is 4. The van der Waals surface area contributed by atoms with Crippen molar-refractivity contribution in [2.24, 2.45) is 0 Å². The van der Waals surface area contributed by atoms with E-state index in [1.807, 2.05) is 54.6 Å². The highest BCUT2D eigenvalue weighted by atomic mass is 16.5. The topological polar surface area (TPSA) is 26.3 Å². The first-order valence-corrected chi connectivity index (χ1v) is 6.62. The number of hydrogen-bond acceptors (Lipinski definition) is 2. The van der Waals surface area contributed by atoms with E-state index in [0.717, 1.165) is 29.7 Å². The predicted octanol–water partition coefficient (Wildman–Crippen LogP) is 3.71. The smallest absolute Gasteiger partial charge is 0.140 e. The Kier molecular flexibility index (Phi) is 3.32. The molecule has 1 saturated carbocycles. The normalized spacial score (nSPS) is 17.9. The molecule has 3 rings (SSSR count). The zero-order valence-electron chi connectivity index (χ0n) is 10.7. The third-order valence-electron chi connectivity index (χ3n) is 3.58. The summed E-state index contributed by atoms with van der Waals surface area (Å²) in [5, 5.41) is 0. The van der Waals surface area contributed by atoms with E-state index in [1.54, 1.807) is 0 Å². The maximum Gasteiger partial charge on any atom is 0.140 e. The van der Waals surface area contributed by atoms with Gasteiger partial charge in [-0.1, -0.05) is 42.5 Å². The minimum atomic E-state index is 0.0975. The lowest BCUT2D eigenvalue weighted by Gasteiger charge is -2.24. The first-order valence-electron chi connectivity index (χ1n) is 6.62. The van der Waals surface area contributed by atoms with Crippen LogP contribution >= 0.6 is 0 Å². The van der Waals surface area contributed by atoms with Crippen molar-refractivity contribution in [2.75, 3.05) is 0 Å². The molecule has 0 spiro atoms. The van der Waals surface area contributed by atoms with Gasteiger partial charge in [0.2, 0.25) is 0 Å². The summed E-state index contributed by atoms with van der Waals surface area (Å²) in [4.78, 5) is 11.5. The number of ether oxygens (including phenoxy) is 1. The first kappa shape index (κ1) is 12.0. The van der Waals surface area contributed by atoms with Crippen molar-refractivity contribution in [3.63, 3.8) is 0 Å². The lowest BCUT2D eigenvalue weighted by molar-refractivity contribution is -0.125. The fourth-order valence-electron chi connectivity index (χ4n) is 2.32. The van der Waals surface area contributed by atoms with Gasteiger partial charge in [-0.2, -0.15) is 0 Å². The van der Waals surface area contributed by atoms with Gasteiger partial charge in [-0.05, 0) is 29.7 Å².